The maximum atomic E-state index is 12.1. The quantitative estimate of drug-likeness (QED) is 0.483. The van der Waals surface area contributed by atoms with E-state index >= 15 is 0 Å². The zero-order chi connectivity index (χ0) is 5.28. The molecule has 2 atom stereocenters. The van der Waals surface area contributed by atoms with Gasteiger partial charge in [-0.3, -0.25) is 0 Å². The Morgan fingerprint density at radius 1 is 1.43 bits per heavy atom. The van der Waals surface area contributed by atoms with Crippen LogP contribution in [0, 0.1) is 0 Å². The van der Waals surface area contributed by atoms with E-state index in [1.165, 1.54) is 0 Å². The first-order valence-electron chi connectivity index (χ1n) is 2.68. The highest BCUT2D eigenvalue weighted by molar-refractivity contribution is 4.76. The predicted molar refractivity (Wildman–Crippen MR) is 26.7 cm³/mol. The van der Waals surface area contributed by atoms with E-state index in [1.807, 2.05) is 0 Å². The fourth-order valence-electron chi connectivity index (χ4n) is 0.959. The summed E-state index contributed by atoms with van der Waals surface area (Å²) in [6.45, 7) is 0. The third-order valence-electron chi connectivity index (χ3n) is 1.41. The second kappa shape index (κ2) is 1.78. The minimum absolute atomic E-state index is 0.148. The maximum Gasteiger partial charge on any atom is 0.102 e. The molecule has 0 aromatic heterocycles. The number of nitrogens with two attached hydrogens (primary N) is 1. The number of hydrogen-bond donors (Lipinski definition) is 1. The summed E-state index contributed by atoms with van der Waals surface area (Å²) >= 11 is 0. The van der Waals surface area contributed by atoms with Gasteiger partial charge in [-0.1, -0.05) is 0 Å². The van der Waals surface area contributed by atoms with Crippen LogP contribution in [0.2, 0.25) is 0 Å². The standard InChI is InChI=1S/C5H10FN/c6-4-1-2-5(7)3-4/h4-5H,1-3,7H2/t4-,5+/m0/s1. The van der Waals surface area contributed by atoms with Gasteiger partial charge in [-0.25, -0.2) is 4.39 Å². The zero-order valence-corrected chi connectivity index (χ0v) is 4.23. The van der Waals surface area contributed by atoms with Gasteiger partial charge in [-0.2, -0.15) is 0 Å². The van der Waals surface area contributed by atoms with Crippen LogP contribution in [0.5, 0.6) is 0 Å². The van der Waals surface area contributed by atoms with Crippen molar-refractivity contribution >= 4 is 0 Å². The number of alkyl halides is 1. The van der Waals surface area contributed by atoms with Crippen LogP contribution in [0.3, 0.4) is 0 Å². The monoisotopic (exact) mass is 103 g/mol. The van der Waals surface area contributed by atoms with Crippen LogP contribution >= 0.6 is 0 Å². The van der Waals surface area contributed by atoms with Crippen LogP contribution in [0.25, 0.3) is 0 Å². The van der Waals surface area contributed by atoms with Crippen molar-refractivity contribution in [1.29, 1.82) is 0 Å². The molecule has 0 bridgehead atoms. The SMILES string of the molecule is N[C@@H]1CC[C@H](F)C1. The maximum absolute atomic E-state index is 12.1. The lowest BCUT2D eigenvalue weighted by Gasteiger charge is -1.94. The van der Waals surface area contributed by atoms with Crippen LogP contribution in [0.1, 0.15) is 19.3 Å². The summed E-state index contributed by atoms with van der Waals surface area (Å²) < 4.78 is 12.1. The highest BCUT2D eigenvalue weighted by atomic mass is 19.1. The molecule has 0 aromatic carbocycles. The molecule has 1 rings (SSSR count). The molecular formula is C5H10FN. The molecule has 1 fully saturated rings. The number of rotatable bonds is 0. The molecule has 0 aromatic rings. The van der Waals surface area contributed by atoms with Crippen LogP contribution in [-0.2, 0) is 0 Å². The van der Waals surface area contributed by atoms with Crippen molar-refractivity contribution in [3.8, 4) is 0 Å². The first-order valence-corrected chi connectivity index (χ1v) is 2.68. The normalized spacial score (nSPS) is 42.0. The molecule has 1 saturated carbocycles. The second-order valence-electron chi connectivity index (χ2n) is 2.17. The lowest BCUT2D eigenvalue weighted by atomic mass is 10.3. The molecule has 42 valence electrons. The van der Waals surface area contributed by atoms with E-state index < -0.39 is 6.17 Å². The van der Waals surface area contributed by atoms with Crippen LogP contribution in [0.4, 0.5) is 4.39 Å². The molecule has 2 heteroatoms. The second-order valence-corrected chi connectivity index (χ2v) is 2.17. The van der Waals surface area contributed by atoms with Gasteiger partial charge < -0.3 is 5.73 Å². The molecule has 0 saturated heterocycles. The Balaban J connectivity index is 2.26. The van der Waals surface area contributed by atoms with Gasteiger partial charge in [0.05, 0.1) is 0 Å². The van der Waals surface area contributed by atoms with Crippen molar-refractivity contribution in [2.24, 2.45) is 5.73 Å². The van der Waals surface area contributed by atoms with E-state index in [4.69, 9.17) is 5.73 Å². The molecule has 0 aliphatic heterocycles. The number of halogens is 1. The zero-order valence-electron chi connectivity index (χ0n) is 4.23. The predicted octanol–water partition coefficient (Wildman–Crippen LogP) is 0.836. The van der Waals surface area contributed by atoms with E-state index in [0.717, 1.165) is 6.42 Å². The fraction of sp³-hybridized carbons (Fsp3) is 1.00. The summed E-state index contributed by atoms with van der Waals surface area (Å²) in [5, 5.41) is 0. The topological polar surface area (TPSA) is 26.0 Å². The molecule has 7 heavy (non-hydrogen) atoms. The van der Waals surface area contributed by atoms with Gasteiger partial charge in [0, 0.05) is 6.04 Å². The van der Waals surface area contributed by atoms with Crippen molar-refractivity contribution in [2.45, 2.75) is 31.5 Å². The summed E-state index contributed by atoms with van der Waals surface area (Å²) in [7, 11) is 0. The fourth-order valence-corrected chi connectivity index (χ4v) is 0.959. The summed E-state index contributed by atoms with van der Waals surface area (Å²) in [6, 6.07) is 0.148. The van der Waals surface area contributed by atoms with Crippen molar-refractivity contribution in [1.82, 2.24) is 0 Å². The number of hydrogen-bond acceptors (Lipinski definition) is 1. The Morgan fingerprint density at radius 3 is 2.29 bits per heavy atom. The van der Waals surface area contributed by atoms with Crippen LogP contribution in [0.15, 0.2) is 0 Å². The summed E-state index contributed by atoms with van der Waals surface area (Å²) in [5.74, 6) is 0. The minimum atomic E-state index is -0.602. The Bertz CT molecular complexity index is 57.1. The van der Waals surface area contributed by atoms with Crippen LogP contribution < -0.4 is 5.73 Å². The van der Waals surface area contributed by atoms with Gasteiger partial charge >= 0.3 is 0 Å². The van der Waals surface area contributed by atoms with Gasteiger partial charge in [-0.15, -0.1) is 0 Å². The average Bonchev–Trinajstić information content (AvgIpc) is 1.87. The van der Waals surface area contributed by atoms with Crippen molar-refractivity contribution < 1.29 is 4.39 Å². The molecule has 0 unspecified atom stereocenters. The van der Waals surface area contributed by atoms with Crippen LogP contribution in [-0.4, -0.2) is 12.2 Å². The smallest absolute Gasteiger partial charge is 0.102 e. The summed E-state index contributed by atoms with van der Waals surface area (Å²) in [5.41, 5.74) is 5.39. The first-order chi connectivity index (χ1) is 3.29. The molecule has 0 spiro atoms. The Labute approximate surface area is 42.7 Å². The van der Waals surface area contributed by atoms with E-state index in [-0.39, 0.29) is 6.04 Å². The minimum Gasteiger partial charge on any atom is -0.328 e. The summed E-state index contributed by atoms with van der Waals surface area (Å²) in [4.78, 5) is 0. The van der Waals surface area contributed by atoms with E-state index in [2.05, 4.69) is 0 Å². The Kier molecular flexibility index (Phi) is 1.28. The van der Waals surface area contributed by atoms with Gasteiger partial charge in [0.15, 0.2) is 0 Å². The largest absolute Gasteiger partial charge is 0.328 e. The third kappa shape index (κ3) is 1.13. The highest BCUT2D eigenvalue weighted by Gasteiger charge is 2.19. The van der Waals surface area contributed by atoms with Gasteiger partial charge in [-0.05, 0) is 19.3 Å². The molecule has 0 amide bonds. The molecule has 1 aliphatic rings. The van der Waals surface area contributed by atoms with E-state index in [9.17, 15) is 4.39 Å². The third-order valence-corrected chi connectivity index (χ3v) is 1.41. The Hall–Kier alpha value is -0.110. The van der Waals surface area contributed by atoms with Gasteiger partial charge in [0.1, 0.15) is 6.17 Å². The lowest BCUT2D eigenvalue weighted by Crippen LogP contribution is -2.14. The summed E-state index contributed by atoms with van der Waals surface area (Å²) in [6.07, 6.45) is 1.54. The van der Waals surface area contributed by atoms with E-state index in [0.29, 0.717) is 12.8 Å². The lowest BCUT2D eigenvalue weighted by molar-refractivity contribution is 0.339. The molecule has 2 N–H and O–H groups in total. The van der Waals surface area contributed by atoms with Crippen molar-refractivity contribution in [3.05, 3.63) is 0 Å². The molecule has 0 radical (unpaired) electrons. The average molecular weight is 103 g/mol. The van der Waals surface area contributed by atoms with E-state index in [1.54, 1.807) is 0 Å². The molecule has 1 aliphatic carbocycles. The van der Waals surface area contributed by atoms with Gasteiger partial charge in [0.2, 0.25) is 0 Å². The molecule has 0 heterocycles. The van der Waals surface area contributed by atoms with Crippen molar-refractivity contribution in [3.63, 3.8) is 0 Å². The molecular weight excluding hydrogens is 93.1 g/mol. The highest BCUT2D eigenvalue weighted by Crippen LogP contribution is 2.19. The Morgan fingerprint density at radius 2 is 2.14 bits per heavy atom. The van der Waals surface area contributed by atoms with Crippen molar-refractivity contribution in [2.75, 3.05) is 0 Å². The first kappa shape index (κ1) is 5.04. The molecule has 1 nitrogen and oxygen atoms in total. The van der Waals surface area contributed by atoms with Gasteiger partial charge in [0.25, 0.3) is 0 Å².